The van der Waals surface area contributed by atoms with Crippen LogP contribution in [0.5, 0.6) is 0 Å². The van der Waals surface area contributed by atoms with E-state index in [1.165, 1.54) is 6.42 Å². The summed E-state index contributed by atoms with van der Waals surface area (Å²) in [5.74, 6) is 0. The molecule has 1 saturated heterocycles. The van der Waals surface area contributed by atoms with Gasteiger partial charge in [-0.05, 0) is 19.3 Å². The summed E-state index contributed by atoms with van der Waals surface area (Å²) >= 11 is 0. The maximum Gasteiger partial charge on any atom is 0.127 e. The van der Waals surface area contributed by atoms with Crippen molar-refractivity contribution in [2.75, 3.05) is 17.7 Å². The zero-order chi connectivity index (χ0) is 11.4. The normalized spacial score (nSPS) is 20.7. The van der Waals surface area contributed by atoms with Crippen molar-refractivity contribution < 1.29 is 4.74 Å². The molecule has 0 bridgehead atoms. The SMILES string of the molecule is NCc1cncc(N)c1NC1CCCCO1. The zero-order valence-electron chi connectivity index (χ0n) is 9.28. The molecule has 1 atom stereocenters. The van der Waals surface area contributed by atoms with E-state index in [1.54, 1.807) is 12.4 Å². The fourth-order valence-corrected chi connectivity index (χ4v) is 1.87. The lowest BCUT2D eigenvalue weighted by atomic mass is 10.1. The van der Waals surface area contributed by atoms with Gasteiger partial charge in [0.15, 0.2) is 0 Å². The molecular weight excluding hydrogens is 204 g/mol. The number of hydrogen-bond donors (Lipinski definition) is 3. The average Bonchev–Trinajstić information content (AvgIpc) is 2.33. The van der Waals surface area contributed by atoms with Gasteiger partial charge < -0.3 is 21.5 Å². The molecule has 0 aliphatic carbocycles. The maximum absolute atomic E-state index is 5.88. The molecule has 0 spiro atoms. The summed E-state index contributed by atoms with van der Waals surface area (Å²) in [4.78, 5) is 4.02. The Morgan fingerprint density at radius 2 is 2.31 bits per heavy atom. The van der Waals surface area contributed by atoms with Gasteiger partial charge in [-0.15, -0.1) is 0 Å². The van der Waals surface area contributed by atoms with Crippen LogP contribution in [0.3, 0.4) is 0 Å². The molecule has 1 fully saturated rings. The minimum Gasteiger partial charge on any atom is -0.396 e. The number of rotatable bonds is 3. The Kier molecular flexibility index (Phi) is 3.58. The molecule has 88 valence electrons. The van der Waals surface area contributed by atoms with E-state index in [0.717, 1.165) is 30.7 Å². The number of pyridine rings is 1. The van der Waals surface area contributed by atoms with Gasteiger partial charge in [0, 0.05) is 24.9 Å². The second-order valence-electron chi connectivity index (χ2n) is 3.97. The van der Waals surface area contributed by atoms with Crippen molar-refractivity contribution in [1.29, 1.82) is 0 Å². The summed E-state index contributed by atoms with van der Waals surface area (Å²) in [6, 6.07) is 0. The Bertz CT molecular complexity index is 350. The zero-order valence-corrected chi connectivity index (χ0v) is 9.28. The van der Waals surface area contributed by atoms with Crippen LogP contribution in [0.1, 0.15) is 24.8 Å². The average molecular weight is 222 g/mol. The molecule has 1 aromatic heterocycles. The van der Waals surface area contributed by atoms with Crippen molar-refractivity contribution in [3.8, 4) is 0 Å². The molecule has 1 unspecified atom stereocenters. The molecule has 1 aromatic rings. The van der Waals surface area contributed by atoms with E-state index < -0.39 is 0 Å². The lowest BCUT2D eigenvalue weighted by molar-refractivity contribution is 0.0343. The van der Waals surface area contributed by atoms with Crippen molar-refractivity contribution in [1.82, 2.24) is 4.98 Å². The molecular formula is C11H18N4O. The van der Waals surface area contributed by atoms with Gasteiger partial charge in [-0.25, -0.2) is 0 Å². The van der Waals surface area contributed by atoms with E-state index in [4.69, 9.17) is 16.2 Å². The standard InChI is InChI=1S/C11H18N4O/c12-5-8-6-14-7-9(13)11(8)15-10-3-1-2-4-16-10/h6-7,10H,1-5,12-13H2,(H,14,15). The van der Waals surface area contributed by atoms with Crippen molar-refractivity contribution in [2.24, 2.45) is 5.73 Å². The van der Waals surface area contributed by atoms with E-state index in [9.17, 15) is 0 Å². The number of aromatic nitrogens is 1. The van der Waals surface area contributed by atoms with Crippen molar-refractivity contribution >= 4 is 11.4 Å². The van der Waals surface area contributed by atoms with Gasteiger partial charge in [-0.2, -0.15) is 0 Å². The summed E-state index contributed by atoms with van der Waals surface area (Å²) in [5.41, 5.74) is 13.9. The third-order valence-electron chi connectivity index (χ3n) is 2.76. The predicted molar refractivity (Wildman–Crippen MR) is 63.8 cm³/mol. The molecule has 1 aliphatic heterocycles. The molecule has 5 N–H and O–H groups in total. The summed E-state index contributed by atoms with van der Waals surface area (Å²) in [6.45, 7) is 1.23. The van der Waals surface area contributed by atoms with Crippen LogP contribution in [0.15, 0.2) is 12.4 Å². The van der Waals surface area contributed by atoms with Gasteiger partial charge in [0.25, 0.3) is 0 Å². The van der Waals surface area contributed by atoms with Crippen molar-refractivity contribution in [3.63, 3.8) is 0 Å². The van der Waals surface area contributed by atoms with Gasteiger partial charge in [0.1, 0.15) is 6.23 Å². The third-order valence-corrected chi connectivity index (χ3v) is 2.76. The fourth-order valence-electron chi connectivity index (χ4n) is 1.87. The third kappa shape index (κ3) is 2.43. The van der Waals surface area contributed by atoms with Crippen molar-refractivity contribution in [3.05, 3.63) is 18.0 Å². The first-order valence-corrected chi connectivity index (χ1v) is 5.62. The minimum absolute atomic E-state index is 0.0451. The Morgan fingerprint density at radius 1 is 1.44 bits per heavy atom. The molecule has 5 nitrogen and oxygen atoms in total. The molecule has 2 rings (SSSR count). The maximum atomic E-state index is 5.88. The van der Waals surface area contributed by atoms with Crippen LogP contribution in [0.4, 0.5) is 11.4 Å². The van der Waals surface area contributed by atoms with Crippen LogP contribution >= 0.6 is 0 Å². The second kappa shape index (κ2) is 5.14. The van der Waals surface area contributed by atoms with Crippen LogP contribution in [0.2, 0.25) is 0 Å². The highest BCUT2D eigenvalue weighted by Gasteiger charge is 2.16. The minimum atomic E-state index is 0.0451. The van der Waals surface area contributed by atoms with Gasteiger partial charge in [0.2, 0.25) is 0 Å². The first kappa shape index (κ1) is 11.2. The molecule has 0 aromatic carbocycles. The molecule has 1 aliphatic rings. The summed E-state index contributed by atoms with van der Waals surface area (Å²) in [5, 5.41) is 3.30. The van der Waals surface area contributed by atoms with Crippen LogP contribution in [-0.2, 0) is 11.3 Å². The summed E-state index contributed by atoms with van der Waals surface area (Å²) in [6.07, 6.45) is 6.73. The molecule has 5 heteroatoms. The first-order valence-electron chi connectivity index (χ1n) is 5.62. The highest BCUT2D eigenvalue weighted by atomic mass is 16.5. The van der Waals surface area contributed by atoms with Gasteiger partial charge in [0.05, 0.1) is 17.6 Å². The number of anilines is 2. The number of nitrogens with one attached hydrogen (secondary N) is 1. The predicted octanol–water partition coefficient (Wildman–Crippen LogP) is 1.06. The number of nitrogens with zero attached hydrogens (tertiary/aromatic N) is 1. The molecule has 16 heavy (non-hydrogen) atoms. The van der Waals surface area contributed by atoms with E-state index in [0.29, 0.717) is 12.2 Å². The van der Waals surface area contributed by atoms with Crippen LogP contribution in [0.25, 0.3) is 0 Å². The van der Waals surface area contributed by atoms with Gasteiger partial charge >= 0.3 is 0 Å². The highest BCUT2D eigenvalue weighted by Crippen LogP contribution is 2.25. The largest absolute Gasteiger partial charge is 0.396 e. The quantitative estimate of drug-likeness (QED) is 0.712. The van der Waals surface area contributed by atoms with Crippen LogP contribution in [-0.4, -0.2) is 17.8 Å². The number of nitrogen functional groups attached to an aromatic ring is 1. The molecule has 2 heterocycles. The highest BCUT2D eigenvalue weighted by molar-refractivity contribution is 5.69. The lowest BCUT2D eigenvalue weighted by Crippen LogP contribution is -2.28. The van der Waals surface area contributed by atoms with Crippen LogP contribution < -0.4 is 16.8 Å². The Labute approximate surface area is 95.2 Å². The van der Waals surface area contributed by atoms with Gasteiger partial charge in [-0.1, -0.05) is 0 Å². The first-order chi connectivity index (χ1) is 7.81. The molecule has 0 amide bonds. The topological polar surface area (TPSA) is 86.2 Å². The number of hydrogen-bond acceptors (Lipinski definition) is 5. The lowest BCUT2D eigenvalue weighted by Gasteiger charge is -2.26. The number of ether oxygens (including phenoxy) is 1. The Morgan fingerprint density at radius 3 is 3.00 bits per heavy atom. The molecule has 0 radical (unpaired) electrons. The monoisotopic (exact) mass is 222 g/mol. The van der Waals surface area contributed by atoms with E-state index >= 15 is 0 Å². The van der Waals surface area contributed by atoms with Gasteiger partial charge in [-0.3, -0.25) is 4.98 Å². The van der Waals surface area contributed by atoms with E-state index in [1.807, 2.05) is 0 Å². The molecule has 0 saturated carbocycles. The van der Waals surface area contributed by atoms with Crippen LogP contribution in [0, 0.1) is 0 Å². The van der Waals surface area contributed by atoms with Crippen molar-refractivity contribution in [2.45, 2.75) is 32.0 Å². The van der Waals surface area contributed by atoms with E-state index in [2.05, 4.69) is 10.3 Å². The Balaban J connectivity index is 2.12. The summed E-state index contributed by atoms with van der Waals surface area (Å²) < 4.78 is 5.61. The Hall–Kier alpha value is -1.33. The fraction of sp³-hybridized carbons (Fsp3) is 0.545. The number of nitrogens with two attached hydrogens (primary N) is 2. The summed E-state index contributed by atoms with van der Waals surface area (Å²) in [7, 11) is 0. The van der Waals surface area contributed by atoms with E-state index in [-0.39, 0.29) is 6.23 Å². The smallest absolute Gasteiger partial charge is 0.127 e. The second-order valence-corrected chi connectivity index (χ2v) is 3.97.